The van der Waals surface area contributed by atoms with Crippen LogP contribution in [0.1, 0.15) is 13.8 Å². The van der Waals surface area contributed by atoms with Gasteiger partial charge in [0, 0.05) is 0 Å². The van der Waals surface area contributed by atoms with Crippen molar-refractivity contribution in [2.24, 2.45) is 11.8 Å². The molecular weight excluding hydrogens is 110 g/mol. The molecule has 0 aliphatic carbocycles. The molecule has 1 nitrogen and oxygen atoms in total. The maximum atomic E-state index is 3.27. The van der Waals surface area contributed by atoms with Gasteiger partial charge in [-0.25, -0.2) is 0 Å². The Hall–Kier alpha value is -0.300. The predicted octanol–water partition coefficient (Wildman–Crippen LogP) is 1.42. The minimum atomic E-state index is 0.774. The Morgan fingerprint density at radius 2 is 2.22 bits per heavy atom. The fraction of sp³-hybridized carbons (Fsp3) is 0.750. The van der Waals surface area contributed by atoms with Crippen LogP contribution in [0.5, 0.6) is 0 Å². The maximum absolute atomic E-state index is 3.27. The second-order valence-corrected chi connectivity index (χ2v) is 2.80. The molecule has 52 valence electrons. The van der Waals surface area contributed by atoms with Gasteiger partial charge < -0.3 is 5.32 Å². The molecule has 0 radical (unpaired) electrons. The normalized spacial score (nSPS) is 24.2. The van der Waals surface area contributed by atoms with Gasteiger partial charge in [0.1, 0.15) is 0 Å². The number of rotatable bonds is 2. The molecule has 0 aromatic carbocycles. The molecule has 1 heterocycles. The van der Waals surface area contributed by atoms with Crippen LogP contribution in [0.3, 0.4) is 0 Å². The Balaban J connectivity index is 2.23. The smallest absolute Gasteiger partial charge is 0.000270 e. The van der Waals surface area contributed by atoms with E-state index in [1.165, 1.54) is 13.1 Å². The standard InChI is InChI=1S/C8H15N/c1-3-4-7(2)8-5-9-6-8/h3-4,7-9H,5-6H2,1-2H3/b4-3+. The van der Waals surface area contributed by atoms with Gasteiger partial charge in [0.15, 0.2) is 0 Å². The highest BCUT2D eigenvalue weighted by Gasteiger charge is 2.20. The lowest BCUT2D eigenvalue weighted by atomic mass is 9.89. The van der Waals surface area contributed by atoms with Crippen molar-refractivity contribution in [3.8, 4) is 0 Å². The molecule has 0 spiro atoms. The second-order valence-electron chi connectivity index (χ2n) is 2.80. The summed E-state index contributed by atoms with van der Waals surface area (Å²) in [6, 6.07) is 0. The third-order valence-corrected chi connectivity index (χ3v) is 2.05. The van der Waals surface area contributed by atoms with Gasteiger partial charge in [-0.1, -0.05) is 19.1 Å². The van der Waals surface area contributed by atoms with Crippen molar-refractivity contribution >= 4 is 0 Å². The van der Waals surface area contributed by atoms with Gasteiger partial charge in [0.25, 0.3) is 0 Å². The zero-order chi connectivity index (χ0) is 6.69. The first kappa shape index (κ1) is 6.81. The molecule has 1 N–H and O–H groups in total. The highest BCUT2D eigenvalue weighted by molar-refractivity contribution is 4.91. The Morgan fingerprint density at radius 3 is 2.56 bits per heavy atom. The van der Waals surface area contributed by atoms with E-state index in [9.17, 15) is 0 Å². The van der Waals surface area contributed by atoms with Gasteiger partial charge in [0.2, 0.25) is 0 Å². The number of hydrogen-bond donors (Lipinski definition) is 1. The third kappa shape index (κ3) is 1.55. The zero-order valence-corrected chi connectivity index (χ0v) is 6.22. The lowest BCUT2D eigenvalue weighted by Gasteiger charge is -2.30. The van der Waals surface area contributed by atoms with Gasteiger partial charge >= 0.3 is 0 Å². The molecule has 0 amide bonds. The van der Waals surface area contributed by atoms with E-state index in [2.05, 4.69) is 31.3 Å². The zero-order valence-electron chi connectivity index (χ0n) is 6.22. The topological polar surface area (TPSA) is 12.0 Å². The van der Waals surface area contributed by atoms with Crippen LogP contribution in [0.15, 0.2) is 12.2 Å². The van der Waals surface area contributed by atoms with Crippen LogP contribution in [0, 0.1) is 11.8 Å². The first-order chi connectivity index (χ1) is 4.34. The van der Waals surface area contributed by atoms with Crippen LogP contribution < -0.4 is 5.32 Å². The summed E-state index contributed by atoms with van der Waals surface area (Å²) in [4.78, 5) is 0. The van der Waals surface area contributed by atoms with E-state index < -0.39 is 0 Å². The van der Waals surface area contributed by atoms with Crippen molar-refractivity contribution in [2.45, 2.75) is 13.8 Å². The van der Waals surface area contributed by atoms with Crippen LogP contribution in [-0.2, 0) is 0 Å². The van der Waals surface area contributed by atoms with Crippen LogP contribution >= 0.6 is 0 Å². The molecular formula is C8H15N. The molecule has 1 rings (SSSR count). The minimum absolute atomic E-state index is 0.774. The van der Waals surface area contributed by atoms with E-state index in [1.54, 1.807) is 0 Å². The number of hydrogen-bond acceptors (Lipinski definition) is 1. The predicted molar refractivity (Wildman–Crippen MR) is 40.3 cm³/mol. The SMILES string of the molecule is C/C=C/C(C)C1CNC1. The number of allylic oxidation sites excluding steroid dienone is 2. The quantitative estimate of drug-likeness (QED) is 0.550. The molecule has 0 saturated carbocycles. The van der Waals surface area contributed by atoms with Crippen molar-refractivity contribution in [2.75, 3.05) is 13.1 Å². The van der Waals surface area contributed by atoms with E-state index >= 15 is 0 Å². The van der Waals surface area contributed by atoms with Crippen LogP contribution in [0.2, 0.25) is 0 Å². The van der Waals surface area contributed by atoms with E-state index in [1.807, 2.05) is 0 Å². The Morgan fingerprint density at radius 1 is 1.56 bits per heavy atom. The van der Waals surface area contributed by atoms with E-state index in [0.29, 0.717) is 0 Å². The fourth-order valence-electron chi connectivity index (χ4n) is 1.14. The highest BCUT2D eigenvalue weighted by Crippen LogP contribution is 2.16. The van der Waals surface area contributed by atoms with Gasteiger partial charge in [-0.3, -0.25) is 0 Å². The summed E-state index contributed by atoms with van der Waals surface area (Å²) >= 11 is 0. The van der Waals surface area contributed by atoms with Gasteiger partial charge in [-0.2, -0.15) is 0 Å². The molecule has 1 unspecified atom stereocenters. The average molecular weight is 125 g/mol. The lowest BCUT2D eigenvalue weighted by Crippen LogP contribution is -2.44. The Labute approximate surface area is 57.1 Å². The largest absolute Gasteiger partial charge is 0.316 e. The van der Waals surface area contributed by atoms with Crippen molar-refractivity contribution in [1.82, 2.24) is 5.32 Å². The fourth-order valence-corrected chi connectivity index (χ4v) is 1.14. The lowest BCUT2D eigenvalue weighted by molar-refractivity contribution is 0.286. The first-order valence-electron chi connectivity index (χ1n) is 3.68. The molecule has 9 heavy (non-hydrogen) atoms. The molecule has 1 aliphatic heterocycles. The average Bonchev–Trinajstić information content (AvgIpc) is 1.60. The van der Waals surface area contributed by atoms with E-state index in [4.69, 9.17) is 0 Å². The Kier molecular flexibility index (Phi) is 2.29. The molecule has 1 fully saturated rings. The summed E-state index contributed by atoms with van der Waals surface area (Å²) in [6.07, 6.45) is 4.43. The summed E-state index contributed by atoms with van der Waals surface area (Å²) in [5.41, 5.74) is 0. The van der Waals surface area contributed by atoms with Crippen LogP contribution in [0.4, 0.5) is 0 Å². The maximum Gasteiger partial charge on any atom is -0.000270 e. The Bertz CT molecular complexity index is 103. The minimum Gasteiger partial charge on any atom is -0.316 e. The summed E-state index contributed by atoms with van der Waals surface area (Å²) in [5.74, 6) is 1.68. The molecule has 1 heteroatoms. The molecule has 1 atom stereocenters. The second kappa shape index (κ2) is 3.02. The monoisotopic (exact) mass is 125 g/mol. The molecule has 1 aliphatic rings. The summed E-state index contributed by atoms with van der Waals surface area (Å²) in [5, 5.41) is 3.27. The van der Waals surface area contributed by atoms with E-state index in [-0.39, 0.29) is 0 Å². The van der Waals surface area contributed by atoms with Gasteiger partial charge in [-0.05, 0) is 31.8 Å². The molecule has 0 aromatic rings. The summed E-state index contributed by atoms with van der Waals surface area (Å²) in [7, 11) is 0. The highest BCUT2D eigenvalue weighted by atomic mass is 14.9. The summed E-state index contributed by atoms with van der Waals surface area (Å²) < 4.78 is 0. The van der Waals surface area contributed by atoms with Crippen LogP contribution in [-0.4, -0.2) is 13.1 Å². The van der Waals surface area contributed by atoms with Gasteiger partial charge in [-0.15, -0.1) is 0 Å². The summed E-state index contributed by atoms with van der Waals surface area (Å²) in [6.45, 7) is 6.80. The van der Waals surface area contributed by atoms with Gasteiger partial charge in [0.05, 0.1) is 0 Å². The number of nitrogens with one attached hydrogen (secondary N) is 1. The van der Waals surface area contributed by atoms with E-state index in [0.717, 1.165) is 11.8 Å². The first-order valence-corrected chi connectivity index (χ1v) is 3.68. The van der Waals surface area contributed by atoms with Crippen molar-refractivity contribution < 1.29 is 0 Å². The molecule has 0 bridgehead atoms. The van der Waals surface area contributed by atoms with Crippen molar-refractivity contribution in [1.29, 1.82) is 0 Å². The van der Waals surface area contributed by atoms with Crippen molar-refractivity contribution in [3.63, 3.8) is 0 Å². The molecule has 1 saturated heterocycles. The third-order valence-electron chi connectivity index (χ3n) is 2.05. The van der Waals surface area contributed by atoms with Crippen molar-refractivity contribution in [3.05, 3.63) is 12.2 Å². The molecule has 0 aromatic heterocycles. The van der Waals surface area contributed by atoms with Crippen LogP contribution in [0.25, 0.3) is 0 Å².